The van der Waals surface area contributed by atoms with Crippen LogP contribution in [0.15, 0.2) is 133 Å². The average molecular weight is 475 g/mol. The summed E-state index contributed by atoms with van der Waals surface area (Å²) in [5, 5.41) is 6.85. The normalized spacial score (nSPS) is 28.4. The van der Waals surface area contributed by atoms with E-state index >= 15 is 0 Å². The number of hydrogen-bond donors (Lipinski definition) is 0. The second-order valence-electron chi connectivity index (χ2n) is 9.87. The highest BCUT2D eigenvalue weighted by Crippen LogP contribution is 2.89. The number of benzene rings is 4. The van der Waals surface area contributed by atoms with Crippen LogP contribution in [0.1, 0.15) is 12.8 Å². The van der Waals surface area contributed by atoms with Crippen molar-refractivity contribution >= 4 is 37.1 Å². The SMILES string of the molecule is C1=CC2CC1C1(P(c3ccccc3)c3ccccc3)C[C@@]21P(c1ccccc1)c1ccccc1. The molecule has 0 radical (unpaired) electrons. The molecule has 4 aromatic carbocycles. The van der Waals surface area contributed by atoms with E-state index in [9.17, 15) is 0 Å². The van der Waals surface area contributed by atoms with Crippen molar-refractivity contribution in [2.75, 3.05) is 0 Å². The topological polar surface area (TPSA) is 0 Å². The molecule has 2 bridgehead atoms. The van der Waals surface area contributed by atoms with Gasteiger partial charge in [0.25, 0.3) is 0 Å². The van der Waals surface area contributed by atoms with Crippen LogP contribution in [0, 0.1) is 11.8 Å². The molecule has 3 unspecified atom stereocenters. The van der Waals surface area contributed by atoms with Gasteiger partial charge >= 0.3 is 0 Å². The number of fused-ring (bicyclic) bond motifs is 5. The second-order valence-corrected chi connectivity index (χ2v) is 14.9. The lowest BCUT2D eigenvalue weighted by Crippen LogP contribution is -2.37. The van der Waals surface area contributed by atoms with Gasteiger partial charge in [0.1, 0.15) is 0 Å². The third kappa shape index (κ3) is 2.86. The summed E-state index contributed by atoms with van der Waals surface area (Å²) in [4.78, 5) is 0. The fourth-order valence-corrected chi connectivity index (χ4v) is 15.1. The van der Waals surface area contributed by atoms with Crippen molar-refractivity contribution in [1.82, 2.24) is 0 Å². The predicted octanol–water partition coefficient (Wildman–Crippen LogP) is 6.34. The molecule has 0 nitrogen and oxygen atoms in total. The zero-order valence-corrected chi connectivity index (χ0v) is 21.0. The third-order valence-corrected chi connectivity index (χ3v) is 15.1. The van der Waals surface area contributed by atoms with E-state index < -0.39 is 15.8 Å². The Morgan fingerprint density at radius 2 is 0.735 bits per heavy atom. The lowest BCUT2D eigenvalue weighted by Gasteiger charge is -2.40. The molecule has 4 atom stereocenters. The van der Waals surface area contributed by atoms with Crippen molar-refractivity contribution in [3.05, 3.63) is 133 Å². The molecule has 0 amide bonds. The molecule has 2 fully saturated rings. The Hall–Kier alpha value is -2.52. The molecule has 0 spiro atoms. The van der Waals surface area contributed by atoms with E-state index in [4.69, 9.17) is 0 Å². The number of rotatable bonds is 6. The summed E-state index contributed by atoms with van der Waals surface area (Å²) in [5.41, 5.74) is 0. The summed E-state index contributed by atoms with van der Waals surface area (Å²) in [7, 11) is -0.943. The first-order valence-corrected chi connectivity index (χ1v) is 15.0. The van der Waals surface area contributed by atoms with Gasteiger partial charge in [-0.05, 0) is 61.7 Å². The monoisotopic (exact) mass is 474 g/mol. The summed E-state index contributed by atoms with van der Waals surface area (Å²) in [5.74, 6) is 1.36. The second kappa shape index (κ2) is 8.02. The maximum Gasteiger partial charge on any atom is 0.0165 e. The maximum atomic E-state index is 2.60. The van der Waals surface area contributed by atoms with E-state index in [0.29, 0.717) is 22.1 Å². The van der Waals surface area contributed by atoms with Gasteiger partial charge in [-0.2, -0.15) is 0 Å². The van der Waals surface area contributed by atoms with Crippen LogP contribution in [0.25, 0.3) is 0 Å². The molecule has 3 aliphatic rings. The number of allylic oxidation sites excluding steroid dienone is 2. The standard InChI is InChI=1S/C32H28P2/c1-5-13-27(14-6-1)33(28-15-7-2-8-16-28)31-24-32(31,26-22-21-25(31)23-26)34(29-17-9-3-10-18-29)30-19-11-4-12-20-30/h1-22,25-26H,23-24H2/t25?,26?,31-,32?/m1/s1. The summed E-state index contributed by atoms with van der Waals surface area (Å²) in [6, 6.07) is 45.8. The summed E-state index contributed by atoms with van der Waals surface area (Å²) in [6.07, 6.45) is 7.87. The molecular formula is C32H28P2. The minimum absolute atomic E-state index is 0.335. The molecule has 0 saturated heterocycles. The van der Waals surface area contributed by atoms with Crippen LogP contribution in [0.2, 0.25) is 0 Å². The number of hydrogen-bond acceptors (Lipinski definition) is 0. The first-order valence-electron chi connectivity index (χ1n) is 12.3. The molecule has 34 heavy (non-hydrogen) atoms. The molecular weight excluding hydrogens is 446 g/mol. The van der Waals surface area contributed by atoms with Crippen LogP contribution in [-0.2, 0) is 0 Å². The molecule has 4 aromatic rings. The smallest absolute Gasteiger partial charge is 0.0165 e. The van der Waals surface area contributed by atoms with Crippen molar-refractivity contribution in [2.24, 2.45) is 11.8 Å². The van der Waals surface area contributed by atoms with Crippen molar-refractivity contribution in [3.63, 3.8) is 0 Å². The van der Waals surface area contributed by atoms with Gasteiger partial charge in [0.2, 0.25) is 0 Å². The lowest BCUT2D eigenvalue weighted by molar-refractivity contribution is 0.591. The first kappa shape index (κ1) is 20.8. The molecule has 7 rings (SSSR count). The molecule has 0 aromatic heterocycles. The van der Waals surface area contributed by atoms with Crippen LogP contribution in [0.5, 0.6) is 0 Å². The van der Waals surface area contributed by atoms with Gasteiger partial charge in [-0.3, -0.25) is 0 Å². The minimum atomic E-state index is -0.472. The van der Waals surface area contributed by atoms with Gasteiger partial charge in [-0.25, -0.2) is 0 Å². The van der Waals surface area contributed by atoms with Gasteiger partial charge in [-0.15, -0.1) is 0 Å². The van der Waals surface area contributed by atoms with Crippen LogP contribution in [0.3, 0.4) is 0 Å². The van der Waals surface area contributed by atoms with Crippen LogP contribution in [0.4, 0.5) is 0 Å². The Kier molecular flexibility index (Phi) is 4.91. The average Bonchev–Trinajstić information content (AvgIpc) is 3.25. The molecule has 2 saturated carbocycles. The fraction of sp³-hybridized carbons (Fsp3) is 0.188. The summed E-state index contributed by atoms with van der Waals surface area (Å²) in [6.45, 7) is 0. The van der Waals surface area contributed by atoms with Crippen molar-refractivity contribution < 1.29 is 0 Å². The van der Waals surface area contributed by atoms with Crippen LogP contribution >= 0.6 is 15.8 Å². The molecule has 166 valence electrons. The molecule has 3 aliphatic carbocycles. The summed E-state index contributed by atoms with van der Waals surface area (Å²) >= 11 is 0. The van der Waals surface area contributed by atoms with E-state index in [1.165, 1.54) is 12.8 Å². The quantitative estimate of drug-likeness (QED) is 0.226. The fourth-order valence-electron chi connectivity index (χ4n) is 7.08. The zero-order valence-electron chi connectivity index (χ0n) is 19.2. The van der Waals surface area contributed by atoms with E-state index in [1.54, 1.807) is 21.2 Å². The molecule has 0 aliphatic heterocycles. The largest absolute Gasteiger partial charge is 0.0841 e. The van der Waals surface area contributed by atoms with E-state index in [2.05, 4.69) is 133 Å². The Morgan fingerprint density at radius 3 is 1.03 bits per heavy atom. The third-order valence-electron chi connectivity index (χ3n) is 8.33. The van der Waals surface area contributed by atoms with Gasteiger partial charge in [0, 0.05) is 10.3 Å². The molecule has 0 N–H and O–H groups in total. The maximum absolute atomic E-state index is 2.60. The van der Waals surface area contributed by atoms with Crippen molar-refractivity contribution in [1.29, 1.82) is 0 Å². The van der Waals surface area contributed by atoms with Gasteiger partial charge < -0.3 is 0 Å². The highest BCUT2D eigenvalue weighted by molar-refractivity contribution is 7.80. The highest BCUT2D eigenvalue weighted by Gasteiger charge is 2.83. The van der Waals surface area contributed by atoms with E-state index in [1.807, 2.05) is 0 Å². The Labute approximate surface area is 205 Å². The minimum Gasteiger partial charge on any atom is -0.0841 e. The van der Waals surface area contributed by atoms with E-state index in [0.717, 1.165) is 0 Å². The zero-order chi connectivity index (χ0) is 22.6. The Balaban J connectivity index is 1.47. The molecule has 2 heteroatoms. The van der Waals surface area contributed by atoms with Crippen LogP contribution in [-0.4, -0.2) is 10.3 Å². The van der Waals surface area contributed by atoms with E-state index in [-0.39, 0.29) is 0 Å². The van der Waals surface area contributed by atoms with Crippen molar-refractivity contribution in [3.8, 4) is 0 Å². The highest BCUT2D eigenvalue weighted by atomic mass is 31.1. The predicted molar refractivity (Wildman–Crippen MR) is 149 cm³/mol. The van der Waals surface area contributed by atoms with Crippen LogP contribution < -0.4 is 21.2 Å². The lowest BCUT2D eigenvalue weighted by atomic mass is 10.1. The van der Waals surface area contributed by atoms with Gasteiger partial charge in [-0.1, -0.05) is 133 Å². The Bertz CT molecular complexity index is 1140. The first-order chi connectivity index (χ1) is 16.8. The summed E-state index contributed by atoms with van der Waals surface area (Å²) < 4.78 is 0. The Morgan fingerprint density at radius 1 is 0.441 bits per heavy atom. The molecule has 0 heterocycles. The van der Waals surface area contributed by atoms with Gasteiger partial charge in [0.15, 0.2) is 0 Å². The van der Waals surface area contributed by atoms with Crippen molar-refractivity contribution in [2.45, 2.75) is 23.2 Å². The van der Waals surface area contributed by atoms with Gasteiger partial charge in [0.05, 0.1) is 0 Å².